The molecular weight excluding hydrogens is 334 g/mol. The summed E-state index contributed by atoms with van der Waals surface area (Å²) in [7, 11) is 1.85. The summed E-state index contributed by atoms with van der Waals surface area (Å²) < 4.78 is 5.07. The molecule has 0 bridgehead atoms. The average molecular weight is 353 g/mol. The molecule has 0 aliphatic carbocycles. The Hall–Kier alpha value is -3.23. The Morgan fingerprint density at radius 3 is 2.92 bits per heavy atom. The summed E-state index contributed by atoms with van der Waals surface area (Å²) in [4.78, 5) is 35.6. The Bertz CT molecular complexity index is 987. The van der Waals surface area contributed by atoms with Gasteiger partial charge >= 0.3 is 0 Å². The van der Waals surface area contributed by atoms with Crippen LogP contribution in [-0.4, -0.2) is 46.2 Å². The second-order valence-electron chi connectivity index (χ2n) is 6.33. The highest BCUT2D eigenvalue weighted by molar-refractivity contribution is 5.92. The SMILES string of the molecule is Cn1cccc1C(=O)N1CCCn2c(nc(Cn3cncn3)cc2=O)C1. The van der Waals surface area contributed by atoms with Crippen molar-refractivity contribution in [3.8, 4) is 0 Å². The normalized spacial score (nSPS) is 14.1. The number of nitrogens with zero attached hydrogens (tertiary/aromatic N) is 7. The molecule has 3 aromatic rings. The summed E-state index contributed by atoms with van der Waals surface area (Å²) in [6.45, 7) is 1.83. The smallest absolute Gasteiger partial charge is 0.270 e. The maximum Gasteiger partial charge on any atom is 0.270 e. The Kier molecular flexibility index (Phi) is 4.11. The molecule has 26 heavy (non-hydrogen) atoms. The van der Waals surface area contributed by atoms with E-state index in [2.05, 4.69) is 15.1 Å². The van der Waals surface area contributed by atoms with Crippen molar-refractivity contribution in [3.63, 3.8) is 0 Å². The van der Waals surface area contributed by atoms with Crippen molar-refractivity contribution in [2.24, 2.45) is 7.05 Å². The molecule has 1 amide bonds. The number of aromatic nitrogens is 6. The molecule has 0 unspecified atom stereocenters. The quantitative estimate of drug-likeness (QED) is 0.674. The van der Waals surface area contributed by atoms with Crippen molar-refractivity contribution in [1.29, 1.82) is 0 Å². The molecule has 4 rings (SSSR count). The lowest BCUT2D eigenvalue weighted by Crippen LogP contribution is -2.33. The molecule has 9 nitrogen and oxygen atoms in total. The van der Waals surface area contributed by atoms with Gasteiger partial charge in [0, 0.05) is 32.4 Å². The van der Waals surface area contributed by atoms with E-state index in [4.69, 9.17) is 0 Å². The third kappa shape index (κ3) is 3.03. The van der Waals surface area contributed by atoms with Crippen LogP contribution in [0.4, 0.5) is 0 Å². The van der Waals surface area contributed by atoms with E-state index in [-0.39, 0.29) is 11.5 Å². The Morgan fingerprint density at radius 1 is 1.31 bits per heavy atom. The minimum atomic E-state index is -0.0988. The summed E-state index contributed by atoms with van der Waals surface area (Å²) >= 11 is 0. The lowest BCUT2D eigenvalue weighted by atomic mass is 10.3. The third-order valence-electron chi connectivity index (χ3n) is 4.52. The first kappa shape index (κ1) is 16.2. The number of carbonyl (C=O) groups is 1. The second kappa shape index (κ2) is 6.58. The predicted molar refractivity (Wildman–Crippen MR) is 92.4 cm³/mol. The number of hydrogen-bond donors (Lipinski definition) is 0. The molecule has 0 radical (unpaired) electrons. The number of hydrogen-bond acceptors (Lipinski definition) is 5. The van der Waals surface area contributed by atoms with Gasteiger partial charge in [0.05, 0.1) is 18.8 Å². The van der Waals surface area contributed by atoms with Crippen molar-refractivity contribution >= 4 is 5.91 Å². The van der Waals surface area contributed by atoms with Crippen LogP contribution in [0.15, 0.2) is 41.8 Å². The lowest BCUT2D eigenvalue weighted by Gasteiger charge is -2.20. The molecule has 0 aromatic carbocycles. The molecule has 3 aromatic heterocycles. The van der Waals surface area contributed by atoms with Crippen molar-refractivity contribution in [1.82, 2.24) is 33.8 Å². The summed E-state index contributed by atoms with van der Waals surface area (Å²) in [6, 6.07) is 5.17. The molecular formula is C17H19N7O2. The number of amides is 1. The molecule has 0 spiro atoms. The van der Waals surface area contributed by atoms with E-state index in [1.807, 2.05) is 19.3 Å². The van der Waals surface area contributed by atoms with E-state index < -0.39 is 0 Å². The standard InChI is InChI=1S/C17H19N7O2/c1-21-5-2-4-14(21)17(26)22-6-3-7-24-15(10-22)20-13(8-16(24)25)9-23-12-18-11-19-23/h2,4-5,8,11-12H,3,6-7,9-10H2,1H3. The van der Waals surface area contributed by atoms with Crippen LogP contribution < -0.4 is 5.56 Å². The zero-order valence-electron chi connectivity index (χ0n) is 14.4. The third-order valence-corrected chi connectivity index (χ3v) is 4.52. The summed E-state index contributed by atoms with van der Waals surface area (Å²) in [5.74, 6) is 0.551. The molecule has 1 aliphatic heterocycles. The Labute approximate surface area is 149 Å². The fourth-order valence-corrected chi connectivity index (χ4v) is 3.22. The highest BCUT2D eigenvalue weighted by atomic mass is 16.2. The van der Waals surface area contributed by atoms with Crippen LogP contribution in [0, 0.1) is 0 Å². The molecule has 134 valence electrons. The zero-order valence-corrected chi connectivity index (χ0v) is 14.4. The van der Waals surface area contributed by atoms with Crippen molar-refractivity contribution in [3.05, 3.63) is 64.6 Å². The van der Waals surface area contributed by atoms with Gasteiger partial charge in [0.25, 0.3) is 11.5 Å². The molecule has 0 saturated carbocycles. The Balaban J connectivity index is 1.64. The van der Waals surface area contributed by atoms with E-state index in [1.54, 1.807) is 31.1 Å². The van der Waals surface area contributed by atoms with Gasteiger partial charge in [-0.15, -0.1) is 0 Å². The van der Waals surface area contributed by atoms with Gasteiger partial charge in [-0.25, -0.2) is 14.6 Å². The number of carbonyl (C=O) groups excluding carboxylic acids is 1. The van der Waals surface area contributed by atoms with Crippen LogP contribution in [0.2, 0.25) is 0 Å². The maximum atomic E-state index is 12.8. The van der Waals surface area contributed by atoms with Gasteiger partial charge in [-0.3, -0.25) is 14.2 Å². The summed E-state index contributed by atoms with van der Waals surface area (Å²) in [5.41, 5.74) is 1.14. The van der Waals surface area contributed by atoms with Gasteiger partial charge in [-0.1, -0.05) is 0 Å². The second-order valence-corrected chi connectivity index (χ2v) is 6.33. The Morgan fingerprint density at radius 2 is 2.19 bits per heavy atom. The van der Waals surface area contributed by atoms with Crippen LogP contribution in [-0.2, 0) is 26.7 Å². The van der Waals surface area contributed by atoms with Crippen LogP contribution in [0.1, 0.15) is 28.4 Å². The van der Waals surface area contributed by atoms with E-state index in [1.165, 1.54) is 12.4 Å². The van der Waals surface area contributed by atoms with Crippen LogP contribution in [0.5, 0.6) is 0 Å². The van der Waals surface area contributed by atoms with Gasteiger partial charge < -0.3 is 9.47 Å². The summed E-state index contributed by atoms with van der Waals surface area (Å²) in [6.07, 6.45) is 5.58. The first-order valence-electron chi connectivity index (χ1n) is 8.44. The highest BCUT2D eigenvalue weighted by Gasteiger charge is 2.23. The fraction of sp³-hybridized carbons (Fsp3) is 0.353. The largest absolute Gasteiger partial charge is 0.347 e. The van der Waals surface area contributed by atoms with Crippen LogP contribution in [0.3, 0.4) is 0 Å². The van der Waals surface area contributed by atoms with Gasteiger partial charge in [0.15, 0.2) is 0 Å². The highest BCUT2D eigenvalue weighted by Crippen LogP contribution is 2.13. The first-order valence-corrected chi connectivity index (χ1v) is 8.44. The van der Waals surface area contributed by atoms with Gasteiger partial charge in [-0.05, 0) is 18.6 Å². The minimum Gasteiger partial charge on any atom is -0.347 e. The molecule has 0 fully saturated rings. The van der Waals surface area contributed by atoms with E-state index in [0.717, 1.165) is 0 Å². The lowest BCUT2D eigenvalue weighted by molar-refractivity contribution is 0.0734. The molecule has 9 heteroatoms. The fourth-order valence-electron chi connectivity index (χ4n) is 3.22. The van der Waals surface area contributed by atoms with Crippen LogP contribution >= 0.6 is 0 Å². The van der Waals surface area contributed by atoms with E-state index in [0.29, 0.717) is 49.8 Å². The van der Waals surface area contributed by atoms with E-state index >= 15 is 0 Å². The first-order chi connectivity index (χ1) is 12.6. The van der Waals surface area contributed by atoms with Gasteiger partial charge in [0.1, 0.15) is 24.2 Å². The van der Waals surface area contributed by atoms with Crippen molar-refractivity contribution < 1.29 is 4.79 Å². The summed E-state index contributed by atoms with van der Waals surface area (Å²) in [5, 5.41) is 4.05. The molecule has 0 atom stereocenters. The van der Waals surface area contributed by atoms with Crippen LogP contribution in [0.25, 0.3) is 0 Å². The monoisotopic (exact) mass is 353 g/mol. The van der Waals surface area contributed by atoms with E-state index in [9.17, 15) is 9.59 Å². The van der Waals surface area contributed by atoms with Crippen molar-refractivity contribution in [2.45, 2.75) is 26.1 Å². The molecule has 4 heterocycles. The van der Waals surface area contributed by atoms with Crippen molar-refractivity contribution in [2.75, 3.05) is 6.54 Å². The maximum absolute atomic E-state index is 12.8. The predicted octanol–water partition coefficient (Wildman–Crippen LogP) is 0.268. The molecule has 0 saturated heterocycles. The minimum absolute atomic E-state index is 0.0538. The molecule has 0 N–H and O–H groups in total. The molecule has 1 aliphatic rings. The van der Waals surface area contributed by atoms with Gasteiger partial charge in [-0.2, -0.15) is 5.10 Å². The number of aryl methyl sites for hydroxylation is 1. The zero-order chi connectivity index (χ0) is 18.1. The number of rotatable bonds is 3. The number of fused-ring (bicyclic) bond motifs is 1. The topological polar surface area (TPSA) is 90.8 Å². The average Bonchev–Trinajstić information content (AvgIpc) is 3.21. The van der Waals surface area contributed by atoms with Gasteiger partial charge in [0.2, 0.25) is 0 Å².